The summed E-state index contributed by atoms with van der Waals surface area (Å²) in [5.74, 6) is 1.61. The lowest BCUT2D eigenvalue weighted by Gasteiger charge is -2.40. The zero-order chi connectivity index (χ0) is 29.9. The van der Waals surface area contributed by atoms with Crippen molar-refractivity contribution in [3.8, 4) is 5.75 Å². The van der Waals surface area contributed by atoms with E-state index in [2.05, 4.69) is 20.6 Å². The lowest BCUT2D eigenvalue weighted by Crippen LogP contribution is -2.54. The number of oxazole rings is 1. The first-order chi connectivity index (χ1) is 20.1. The quantitative estimate of drug-likeness (QED) is 0.338. The van der Waals surface area contributed by atoms with Crippen LogP contribution in [0.4, 0.5) is 10.6 Å². The van der Waals surface area contributed by atoms with Crippen molar-refractivity contribution in [3.63, 3.8) is 0 Å². The van der Waals surface area contributed by atoms with E-state index in [1.165, 1.54) is 17.7 Å². The van der Waals surface area contributed by atoms with Gasteiger partial charge in [0.1, 0.15) is 23.8 Å². The van der Waals surface area contributed by atoms with E-state index in [9.17, 15) is 14.7 Å². The van der Waals surface area contributed by atoms with Gasteiger partial charge in [-0.15, -0.1) is 0 Å². The van der Waals surface area contributed by atoms with Crippen LogP contribution in [0.1, 0.15) is 73.0 Å². The number of nitrogens with zero attached hydrogens (tertiary/aromatic N) is 3. The van der Waals surface area contributed by atoms with E-state index >= 15 is 0 Å². The molecule has 224 valence electrons. The minimum absolute atomic E-state index is 0.0381. The van der Waals surface area contributed by atoms with Gasteiger partial charge in [0, 0.05) is 30.9 Å². The van der Waals surface area contributed by atoms with Crippen molar-refractivity contribution in [2.24, 2.45) is 0 Å². The van der Waals surface area contributed by atoms with Gasteiger partial charge in [-0.1, -0.05) is 6.07 Å². The molecule has 42 heavy (non-hydrogen) atoms. The number of rotatable bonds is 9. The maximum Gasteiger partial charge on any atom is 0.410 e. The van der Waals surface area contributed by atoms with Crippen LogP contribution in [0.2, 0.25) is 0 Å². The van der Waals surface area contributed by atoms with Gasteiger partial charge in [0.15, 0.2) is 12.2 Å². The fourth-order valence-electron chi connectivity index (χ4n) is 5.00. The first-order valence-corrected chi connectivity index (χ1v) is 14.4. The number of anilines is 1. The molecule has 0 bridgehead atoms. The maximum atomic E-state index is 13.3. The number of carbonyl (C=O) groups excluding carboxylic acids is 2. The van der Waals surface area contributed by atoms with Crippen LogP contribution in [0.15, 0.2) is 47.3 Å². The normalized spacial score (nSPS) is 17.5. The summed E-state index contributed by atoms with van der Waals surface area (Å²) in [4.78, 5) is 36.2. The number of fused-ring (bicyclic) bond motifs is 1. The number of hydrogen-bond donors (Lipinski definition) is 3. The Hall–Kier alpha value is -4.12. The highest BCUT2D eigenvalue weighted by molar-refractivity contribution is 5.94. The molecule has 11 nitrogen and oxygen atoms in total. The van der Waals surface area contributed by atoms with Crippen molar-refractivity contribution < 1.29 is 28.6 Å². The molecule has 2 amide bonds. The van der Waals surface area contributed by atoms with Crippen molar-refractivity contribution in [2.75, 3.05) is 11.9 Å². The minimum Gasteiger partial charge on any atom is -0.486 e. The molecule has 0 saturated heterocycles. The Morgan fingerprint density at radius 2 is 1.98 bits per heavy atom. The van der Waals surface area contributed by atoms with Crippen LogP contribution in [0.5, 0.6) is 5.75 Å². The number of carbonyl (C=O) groups is 2. The summed E-state index contributed by atoms with van der Waals surface area (Å²) in [6.45, 7) is 7.67. The molecular formula is C31H39N5O6. The van der Waals surface area contributed by atoms with Crippen molar-refractivity contribution in [3.05, 3.63) is 71.1 Å². The van der Waals surface area contributed by atoms with E-state index in [1.54, 1.807) is 39.1 Å². The van der Waals surface area contributed by atoms with Gasteiger partial charge in [-0.05, 0) is 88.8 Å². The van der Waals surface area contributed by atoms with E-state index in [-0.39, 0.29) is 25.6 Å². The molecule has 3 N–H and O–H groups in total. The number of aliphatic hydroxyl groups excluding tert-OH is 1. The molecule has 1 saturated carbocycles. The SMILES string of the molecule is Cc1ncoc1COc1ccc2c(c1)CN(C(=O)OC(C)(C)C)[C@H]([C@H](O)CNC(=O)c1ccnc(NC3CCC3)c1)C2. The average molecular weight is 578 g/mol. The Morgan fingerprint density at radius 1 is 1.17 bits per heavy atom. The highest BCUT2D eigenvalue weighted by Gasteiger charge is 2.37. The molecule has 0 radical (unpaired) electrons. The third kappa shape index (κ3) is 7.20. The Labute approximate surface area is 245 Å². The number of aryl methyl sites for hydroxylation is 1. The van der Waals surface area contributed by atoms with Crippen LogP contribution in [-0.2, 0) is 24.3 Å². The van der Waals surface area contributed by atoms with Gasteiger partial charge in [0.25, 0.3) is 5.91 Å². The van der Waals surface area contributed by atoms with Crippen LogP contribution in [0, 0.1) is 6.92 Å². The summed E-state index contributed by atoms with van der Waals surface area (Å²) >= 11 is 0. The molecule has 11 heteroatoms. The Morgan fingerprint density at radius 3 is 2.67 bits per heavy atom. The summed E-state index contributed by atoms with van der Waals surface area (Å²) in [5, 5.41) is 17.4. The molecule has 1 fully saturated rings. The molecule has 1 aliphatic heterocycles. The van der Waals surface area contributed by atoms with Crippen LogP contribution >= 0.6 is 0 Å². The van der Waals surface area contributed by atoms with Crippen LogP contribution in [-0.4, -0.2) is 62.3 Å². The standard InChI is InChI=1S/C31H39N5O6/c1-19-27(41-18-34-19)17-40-24-9-8-20-13-25(36(16-22(20)12-24)30(39)42-31(2,3)4)26(37)15-33-29(38)21-10-11-32-28(14-21)35-23-6-5-7-23/h8-12,14,18,23,25-26,37H,5-7,13,15-17H2,1-4H3,(H,32,35)(H,33,38)/t25-,26+/m0/s1. The lowest BCUT2D eigenvalue weighted by atomic mass is 9.91. The third-order valence-electron chi connectivity index (χ3n) is 7.59. The van der Waals surface area contributed by atoms with E-state index in [4.69, 9.17) is 13.9 Å². The number of pyridine rings is 1. The lowest BCUT2D eigenvalue weighted by molar-refractivity contribution is -0.0113. The van der Waals surface area contributed by atoms with Gasteiger partial charge >= 0.3 is 6.09 Å². The van der Waals surface area contributed by atoms with Crippen LogP contribution in [0.25, 0.3) is 0 Å². The molecule has 0 unspecified atom stereocenters. The fraction of sp³-hybridized carbons (Fsp3) is 0.484. The molecule has 5 rings (SSSR count). The Balaban J connectivity index is 1.27. The Kier molecular flexibility index (Phi) is 8.67. The molecule has 1 aromatic carbocycles. The number of aliphatic hydroxyl groups is 1. The minimum atomic E-state index is -1.03. The molecular weight excluding hydrogens is 538 g/mol. The van der Waals surface area contributed by atoms with E-state index < -0.39 is 23.8 Å². The van der Waals surface area contributed by atoms with Gasteiger partial charge < -0.3 is 29.6 Å². The van der Waals surface area contributed by atoms with Gasteiger partial charge in [-0.2, -0.15) is 0 Å². The molecule has 3 heterocycles. The van der Waals surface area contributed by atoms with Crippen molar-refractivity contribution in [1.82, 2.24) is 20.2 Å². The summed E-state index contributed by atoms with van der Waals surface area (Å²) in [5.41, 5.74) is 2.37. The molecule has 2 aliphatic rings. The summed E-state index contributed by atoms with van der Waals surface area (Å²) in [7, 11) is 0. The molecule has 3 aromatic rings. The molecule has 0 spiro atoms. The first-order valence-electron chi connectivity index (χ1n) is 14.4. The second-order valence-electron chi connectivity index (χ2n) is 11.9. The Bertz CT molecular complexity index is 1410. The highest BCUT2D eigenvalue weighted by atomic mass is 16.6. The number of hydrogen-bond acceptors (Lipinski definition) is 9. The maximum absolute atomic E-state index is 13.3. The van der Waals surface area contributed by atoms with Gasteiger partial charge in [-0.25, -0.2) is 14.8 Å². The third-order valence-corrected chi connectivity index (χ3v) is 7.59. The smallest absolute Gasteiger partial charge is 0.410 e. The number of ether oxygens (including phenoxy) is 2. The zero-order valence-electron chi connectivity index (χ0n) is 24.6. The number of nitrogens with one attached hydrogen (secondary N) is 2. The van der Waals surface area contributed by atoms with Crippen molar-refractivity contribution in [2.45, 2.75) is 90.3 Å². The second kappa shape index (κ2) is 12.4. The average Bonchev–Trinajstić information content (AvgIpc) is 3.35. The number of benzene rings is 1. The largest absolute Gasteiger partial charge is 0.486 e. The van der Waals surface area contributed by atoms with Gasteiger partial charge in [0.2, 0.25) is 0 Å². The number of amides is 2. The van der Waals surface area contributed by atoms with Crippen LogP contribution in [0.3, 0.4) is 0 Å². The number of aromatic nitrogens is 2. The second-order valence-corrected chi connectivity index (χ2v) is 11.9. The van der Waals surface area contributed by atoms with E-state index in [0.29, 0.717) is 35.4 Å². The van der Waals surface area contributed by atoms with E-state index in [1.807, 2.05) is 25.1 Å². The summed E-state index contributed by atoms with van der Waals surface area (Å²) < 4.78 is 17.0. The predicted molar refractivity (Wildman–Crippen MR) is 155 cm³/mol. The fourth-order valence-corrected chi connectivity index (χ4v) is 5.00. The van der Waals surface area contributed by atoms with Crippen LogP contribution < -0.4 is 15.4 Å². The zero-order valence-corrected chi connectivity index (χ0v) is 24.6. The summed E-state index contributed by atoms with van der Waals surface area (Å²) in [6.07, 6.45) is 5.19. The van der Waals surface area contributed by atoms with E-state index in [0.717, 1.165) is 29.7 Å². The van der Waals surface area contributed by atoms with Crippen molar-refractivity contribution >= 4 is 17.8 Å². The van der Waals surface area contributed by atoms with Gasteiger partial charge in [0.05, 0.1) is 17.8 Å². The van der Waals surface area contributed by atoms with Gasteiger partial charge in [-0.3, -0.25) is 9.69 Å². The molecule has 1 aliphatic carbocycles. The highest BCUT2D eigenvalue weighted by Crippen LogP contribution is 2.30. The topological polar surface area (TPSA) is 139 Å². The summed E-state index contributed by atoms with van der Waals surface area (Å²) in [6, 6.07) is 8.83. The first kappa shape index (κ1) is 29.4. The molecule has 2 atom stereocenters. The predicted octanol–water partition coefficient (Wildman–Crippen LogP) is 4.37. The monoisotopic (exact) mass is 577 g/mol. The molecule has 2 aromatic heterocycles. The van der Waals surface area contributed by atoms with Crippen molar-refractivity contribution in [1.29, 1.82) is 0 Å².